The summed E-state index contributed by atoms with van der Waals surface area (Å²) in [5.41, 5.74) is 2.11. The Kier molecular flexibility index (Phi) is 4.96. The Hall–Kier alpha value is -0.770. The van der Waals surface area contributed by atoms with Gasteiger partial charge in [0.25, 0.3) is 0 Å². The lowest BCUT2D eigenvalue weighted by Crippen LogP contribution is -2.53. The van der Waals surface area contributed by atoms with Gasteiger partial charge < -0.3 is 4.74 Å². The molecule has 5 aliphatic rings. The molecule has 5 rings (SSSR count). The first-order valence-electron chi connectivity index (χ1n) is 11.9. The molecule has 8 atom stereocenters. The number of ether oxygens (including phenoxy) is 1. The van der Waals surface area contributed by atoms with E-state index in [0.717, 1.165) is 23.7 Å². The molecule has 4 fully saturated rings. The number of cyclic esters (lactones) is 1. The summed E-state index contributed by atoms with van der Waals surface area (Å²) in [5.74, 6) is 3.75. The zero-order valence-corrected chi connectivity index (χ0v) is 19.1. The van der Waals surface area contributed by atoms with E-state index in [0.29, 0.717) is 33.7 Å². The van der Waals surface area contributed by atoms with Gasteiger partial charge in [0.05, 0.1) is 0 Å². The molecule has 0 saturated heterocycles. The minimum absolute atomic E-state index is 0.131. The lowest BCUT2D eigenvalue weighted by atomic mass is 9.44. The highest BCUT2D eigenvalue weighted by Crippen LogP contribution is 2.68. The molecular weight excluding hydrogens is 380 g/mol. The highest BCUT2D eigenvalue weighted by molar-refractivity contribution is 8.14. The molecule has 1 heterocycles. The van der Waals surface area contributed by atoms with E-state index < -0.39 is 0 Å². The largest absolute Gasteiger partial charge is 0.458 e. The molecule has 0 unspecified atom stereocenters. The zero-order chi connectivity index (χ0) is 20.4. The molecule has 160 valence electrons. The van der Waals surface area contributed by atoms with Crippen LogP contribution in [0.25, 0.3) is 0 Å². The Labute approximate surface area is 179 Å². The third-order valence-electron chi connectivity index (χ3n) is 10.1. The molecule has 0 radical (unpaired) electrons. The summed E-state index contributed by atoms with van der Waals surface area (Å²) in [6.07, 6.45) is 13.6. The van der Waals surface area contributed by atoms with Gasteiger partial charge in [-0.1, -0.05) is 25.6 Å². The lowest BCUT2D eigenvalue weighted by molar-refractivity contribution is -0.135. The first kappa shape index (κ1) is 20.2. The van der Waals surface area contributed by atoms with Crippen molar-refractivity contribution >= 4 is 22.8 Å². The lowest BCUT2D eigenvalue weighted by Gasteiger charge is -2.61. The fraction of sp³-hybridized carbons (Fsp3) is 0.840. The van der Waals surface area contributed by atoms with E-state index in [1.165, 1.54) is 63.4 Å². The molecule has 0 aromatic rings. The van der Waals surface area contributed by atoms with Crippen molar-refractivity contribution in [2.75, 3.05) is 6.61 Å². The van der Waals surface area contributed by atoms with E-state index in [1.54, 1.807) is 24.8 Å². The van der Waals surface area contributed by atoms with Gasteiger partial charge in [0.2, 0.25) is 0 Å². The van der Waals surface area contributed by atoms with Crippen LogP contribution in [0.5, 0.6) is 0 Å². The fourth-order valence-electron chi connectivity index (χ4n) is 8.76. The molecule has 0 aromatic carbocycles. The van der Waals surface area contributed by atoms with Gasteiger partial charge in [-0.2, -0.15) is 0 Å². The highest BCUT2D eigenvalue weighted by atomic mass is 32.2. The summed E-state index contributed by atoms with van der Waals surface area (Å²) >= 11 is 1.60. The van der Waals surface area contributed by atoms with Crippen LogP contribution in [-0.4, -0.2) is 22.9 Å². The van der Waals surface area contributed by atoms with Crippen LogP contribution in [0.3, 0.4) is 0 Å². The third-order valence-corrected chi connectivity index (χ3v) is 11.2. The third kappa shape index (κ3) is 3.15. The molecule has 0 spiro atoms. The number of fused-ring (bicyclic) bond motifs is 5. The molecule has 29 heavy (non-hydrogen) atoms. The average Bonchev–Trinajstić information content (AvgIpc) is 3.24. The fourth-order valence-corrected chi connectivity index (χ4v) is 9.79. The van der Waals surface area contributed by atoms with E-state index in [1.807, 2.05) is 0 Å². The van der Waals surface area contributed by atoms with Gasteiger partial charge >= 0.3 is 5.97 Å². The van der Waals surface area contributed by atoms with Gasteiger partial charge in [-0.15, -0.1) is 0 Å². The first-order chi connectivity index (χ1) is 13.8. The Balaban J connectivity index is 1.35. The first-order valence-corrected chi connectivity index (χ1v) is 12.7. The van der Waals surface area contributed by atoms with E-state index in [2.05, 4.69) is 13.8 Å². The summed E-state index contributed by atoms with van der Waals surface area (Å²) in [7, 11) is 0. The molecular formula is C25H36O3S. The molecule has 4 saturated carbocycles. The molecule has 1 aliphatic heterocycles. The number of hydrogen-bond donors (Lipinski definition) is 0. The van der Waals surface area contributed by atoms with E-state index in [-0.39, 0.29) is 5.97 Å². The maximum absolute atomic E-state index is 11.7. The second kappa shape index (κ2) is 7.14. The highest BCUT2D eigenvalue weighted by Gasteiger charge is 2.60. The maximum Gasteiger partial charge on any atom is 0.331 e. The van der Waals surface area contributed by atoms with Crippen molar-refractivity contribution in [3.05, 3.63) is 11.6 Å². The van der Waals surface area contributed by atoms with Gasteiger partial charge in [0, 0.05) is 18.2 Å². The van der Waals surface area contributed by atoms with Gasteiger partial charge in [-0.05, 0) is 104 Å². The van der Waals surface area contributed by atoms with E-state index >= 15 is 0 Å². The van der Waals surface area contributed by atoms with E-state index in [9.17, 15) is 9.59 Å². The molecule has 4 heteroatoms. The number of rotatable bonds is 2. The van der Waals surface area contributed by atoms with Crippen LogP contribution >= 0.6 is 11.8 Å². The van der Waals surface area contributed by atoms with Crippen LogP contribution in [-0.2, 0) is 14.3 Å². The predicted molar refractivity (Wildman–Crippen MR) is 116 cm³/mol. The summed E-state index contributed by atoms with van der Waals surface area (Å²) in [4.78, 5) is 23.3. The second-order valence-electron chi connectivity index (χ2n) is 11.2. The Morgan fingerprint density at radius 3 is 2.52 bits per heavy atom. The average molecular weight is 417 g/mol. The number of esters is 1. The minimum atomic E-state index is -0.131. The van der Waals surface area contributed by atoms with Crippen LogP contribution in [0.4, 0.5) is 0 Å². The molecule has 3 nitrogen and oxygen atoms in total. The maximum atomic E-state index is 11.7. The Bertz CT molecular complexity index is 744. The van der Waals surface area contributed by atoms with Gasteiger partial charge in [-0.3, -0.25) is 4.79 Å². The van der Waals surface area contributed by atoms with Crippen LogP contribution in [0, 0.1) is 40.4 Å². The number of carbonyl (C=O) groups is 2. The molecule has 0 aromatic heterocycles. The summed E-state index contributed by atoms with van der Waals surface area (Å²) in [5, 5.41) is 0.847. The summed E-state index contributed by atoms with van der Waals surface area (Å²) in [6.45, 7) is 7.40. The van der Waals surface area contributed by atoms with Crippen molar-refractivity contribution in [2.24, 2.45) is 40.4 Å². The van der Waals surface area contributed by atoms with Crippen molar-refractivity contribution in [3.8, 4) is 0 Å². The van der Waals surface area contributed by atoms with Crippen LogP contribution in [0.2, 0.25) is 0 Å². The zero-order valence-electron chi connectivity index (χ0n) is 18.2. The number of hydrogen-bond acceptors (Lipinski definition) is 4. The van der Waals surface area contributed by atoms with Crippen molar-refractivity contribution < 1.29 is 14.3 Å². The Morgan fingerprint density at radius 2 is 1.79 bits per heavy atom. The van der Waals surface area contributed by atoms with Crippen LogP contribution in [0.15, 0.2) is 11.6 Å². The SMILES string of the molecule is CC(=O)S[C@H]1CC[C@@]2(C)[C@@H](CC[C@@H]3[C@@H]2CC[C@]2(C)[C@@H](C4=CC(=O)OC4)CC[C@@H]32)C1. The van der Waals surface area contributed by atoms with Crippen LogP contribution in [0.1, 0.15) is 78.6 Å². The quantitative estimate of drug-likeness (QED) is 0.536. The molecule has 4 aliphatic carbocycles. The van der Waals surface area contributed by atoms with Crippen LogP contribution < -0.4 is 0 Å². The normalized spacial score (nSPS) is 48.9. The van der Waals surface area contributed by atoms with Gasteiger partial charge in [-0.25, -0.2) is 4.79 Å². The summed E-state index contributed by atoms with van der Waals surface area (Å²) in [6, 6.07) is 0. The van der Waals surface area contributed by atoms with E-state index in [4.69, 9.17) is 4.74 Å². The van der Waals surface area contributed by atoms with Crippen molar-refractivity contribution in [3.63, 3.8) is 0 Å². The van der Waals surface area contributed by atoms with Gasteiger partial charge in [0.1, 0.15) is 6.61 Å². The van der Waals surface area contributed by atoms with Crippen molar-refractivity contribution in [1.29, 1.82) is 0 Å². The number of thioether (sulfide) groups is 1. The van der Waals surface area contributed by atoms with Crippen molar-refractivity contribution in [1.82, 2.24) is 0 Å². The van der Waals surface area contributed by atoms with Crippen molar-refractivity contribution in [2.45, 2.75) is 83.8 Å². The molecule has 0 N–H and O–H groups in total. The molecule has 0 amide bonds. The Morgan fingerprint density at radius 1 is 1.03 bits per heavy atom. The predicted octanol–water partition coefficient (Wildman–Crippen LogP) is 5.78. The number of carbonyl (C=O) groups excluding carboxylic acids is 2. The monoisotopic (exact) mass is 416 g/mol. The topological polar surface area (TPSA) is 43.4 Å². The van der Waals surface area contributed by atoms with Gasteiger partial charge in [0.15, 0.2) is 5.12 Å². The summed E-state index contributed by atoms with van der Waals surface area (Å²) < 4.78 is 5.28. The second-order valence-corrected chi connectivity index (χ2v) is 12.6. The smallest absolute Gasteiger partial charge is 0.331 e. The minimum Gasteiger partial charge on any atom is -0.458 e. The molecule has 0 bridgehead atoms. The standard InChI is InChI=1S/C25H36O3S/c1-15(26)29-18-8-10-24(2)17(13-18)4-5-19-21-7-6-20(16-12-23(27)28-14-16)25(21,3)11-9-22(19)24/h12,17-22H,4-11,13-14H2,1-3H3/t17-,18-,19-,20+,21-,22-,24-,25+/m0/s1.